The molecule has 2 aromatic carbocycles. The third-order valence-electron chi connectivity index (χ3n) is 6.77. The number of imide groups is 1. The van der Waals surface area contributed by atoms with E-state index in [1.807, 2.05) is 18.2 Å². The molecule has 3 N–H and O–H groups in total. The number of rotatable bonds is 7. The van der Waals surface area contributed by atoms with E-state index in [4.69, 9.17) is 14.2 Å². The number of nitrogens with one attached hydrogen (secondary N) is 3. The van der Waals surface area contributed by atoms with Gasteiger partial charge in [-0.15, -0.1) is 0 Å². The van der Waals surface area contributed by atoms with Crippen LogP contribution in [0.4, 0.5) is 10.5 Å². The number of methoxy groups -OCH3 is 3. The number of aromatic nitrogens is 1. The summed E-state index contributed by atoms with van der Waals surface area (Å²) < 4.78 is 16.0. The Bertz CT molecular complexity index is 1320. The average Bonchev–Trinajstić information content (AvgIpc) is 3.40. The maximum Gasteiger partial charge on any atom is 0.329 e. The van der Waals surface area contributed by atoms with Crippen molar-refractivity contribution in [3.63, 3.8) is 0 Å². The van der Waals surface area contributed by atoms with Crippen LogP contribution in [0, 0.1) is 0 Å². The molecule has 3 aromatic rings. The number of H-pyrrole nitrogens is 1. The Kier molecular flexibility index (Phi) is 6.17. The molecule has 1 aliphatic heterocycles. The summed E-state index contributed by atoms with van der Waals surface area (Å²) in [7, 11) is 4.36. The molecule has 4 amide bonds. The largest absolute Gasteiger partial charge is 0.493 e. The molecule has 0 saturated carbocycles. The molecule has 1 saturated heterocycles. The lowest BCUT2D eigenvalue weighted by molar-refractivity contribution is -0.126. The van der Waals surface area contributed by atoms with Crippen LogP contribution in [0.3, 0.4) is 0 Å². The summed E-state index contributed by atoms with van der Waals surface area (Å²) in [5.74, 6) is 0.118. The van der Waals surface area contributed by atoms with Gasteiger partial charge in [0.15, 0.2) is 11.5 Å². The second kappa shape index (κ2) is 9.44. The van der Waals surface area contributed by atoms with Gasteiger partial charge in [0.25, 0.3) is 5.91 Å². The number of para-hydroxylation sites is 1. The Morgan fingerprint density at radius 3 is 2.50 bits per heavy atom. The van der Waals surface area contributed by atoms with Gasteiger partial charge in [-0.3, -0.25) is 9.59 Å². The molecule has 10 heteroatoms. The molecule has 2 heterocycles. The molecule has 10 nitrogen and oxygen atoms in total. The SMILES string of the molecule is COc1cc(N2C(=O)N[C@H](CC(=O)N[C@@H]3CCCc4c3[nH]c3ccccc43)C2=O)cc(OC)c1OC. The predicted molar refractivity (Wildman–Crippen MR) is 133 cm³/mol. The number of hydrogen-bond acceptors (Lipinski definition) is 6. The van der Waals surface area contributed by atoms with Crippen LogP contribution in [0.5, 0.6) is 17.2 Å². The highest BCUT2D eigenvalue weighted by Crippen LogP contribution is 2.42. The van der Waals surface area contributed by atoms with Gasteiger partial charge >= 0.3 is 6.03 Å². The first-order chi connectivity index (χ1) is 17.4. The van der Waals surface area contributed by atoms with Crippen LogP contribution in [0.15, 0.2) is 36.4 Å². The van der Waals surface area contributed by atoms with Crippen LogP contribution in [0.2, 0.25) is 0 Å². The van der Waals surface area contributed by atoms with Crippen molar-refractivity contribution in [3.05, 3.63) is 47.7 Å². The lowest BCUT2D eigenvalue weighted by Gasteiger charge is -2.24. The minimum atomic E-state index is -0.984. The summed E-state index contributed by atoms with van der Waals surface area (Å²) in [6.07, 6.45) is 2.53. The molecule has 36 heavy (non-hydrogen) atoms. The highest BCUT2D eigenvalue weighted by atomic mass is 16.5. The van der Waals surface area contributed by atoms with Crippen LogP contribution in [0.1, 0.15) is 36.6 Å². The number of aromatic amines is 1. The van der Waals surface area contributed by atoms with Crippen molar-refractivity contribution in [2.45, 2.75) is 37.8 Å². The standard InChI is InChI=1S/C26H28N4O6/c1-34-20-11-14(12-21(35-2)24(20)36-3)30-25(32)19(29-26(30)33)13-22(31)27-18-10-6-8-16-15-7-4-5-9-17(15)28-23(16)18/h4-5,7,9,11-12,18-19,28H,6,8,10,13H2,1-3H3,(H,27,31)(H,29,33)/t18-,19-/m1/s1. The zero-order valence-corrected chi connectivity index (χ0v) is 20.3. The number of fused-ring (bicyclic) bond motifs is 3. The fourth-order valence-electron chi connectivity index (χ4n) is 5.11. The monoisotopic (exact) mass is 492 g/mol. The predicted octanol–water partition coefficient (Wildman–Crippen LogP) is 3.20. The molecule has 2 atom stereocenters. The number of amides is 4. The molecule has 0 bridgehead atoms. The van der Waals surface area contributed by atoms with Crippen molar-refractivity contribution < 1.29 is 28.6 Å². The quantitative estimate of drug-likeness (QED) is 0.436. The fraction of sp³-hybridized carbons (Fsp3) is 0.346. The summed E-state index contributed by atoms with van der Waals surface area (Å²) in [5, 5.41) is 6.85. The van der Waals surface area contributed by atoms with E-state index in [0.717, 1.165) is 35.4 Å². The Hall–Kier alpha value is -4.21. The number of urea groups is 1. The summed E-state index contributed by atoms with van der Waals surface area (Å²) in [5.41, 5.74) is 3.53. The minimum absolute atomic E-state index is 0.169. The lowest BCUT2D eigenvalue weighted by Crippen LogP contribution is -2.38. The zero-order chi connectivity index (χ0) is 25.4. The van der Waals surface area contributed by atoms with Gasteiger partial charge < -0.3 is 29.8 Å². The van der Waals surface area contributed by atoms with Gasteiger partial charge in [0.2, 0.25) is 11.7 Å². The molecule has 1 aromatic heterocycles. The van der Waals surface area contributed by atoms with Gasteiger partial charge in [-0.2, -0.15) is 0 Å². The Labute approximate surface area is 207 Å². The molecule has 2 aliphatic rings. The first-order valence-corrected chi connectivity index (χ1v) is 11.8. The van der Waals surface area contributed by atoms with E-state index in [2.05, 4.69) is 21.7 Å². The molecule has 1 aliphatic carbocycles. The van der Waals surface area contributed by atoms with Crippen molar-refractivity contribution in [2.75, 3.05) is 26.2 Å². The van der Waals surface area contributed by atoms with Crippen LogP contribution in [-0.4, -0.2) is 50.2 Å². The van der Waals surface area contributed by atoms with E-state index in [-0.39, 0.29) is 24.1 Å². The number of carbonyl (C=O) groups is 3. The lowest BCUT2D eigenvalue weighted by atomic mass is 9.91. The van der Waals surface area contributed by atoms with E-state index >= 15 is 0 Å². The van der Waals surface area contributed by atoms with Crippen molar-refractivity contribution in [2.24, 2.45) is 0 Å². The number of ether oxygens (including phenoxy) is 3. The Morgan fingerprint density at radius 2 is 1.81 bits per heavy atom. The van der Waals surface area contributed by atoms with Crippen LogP contribution in [-0.2, 0) is 16.0 Å². The first kappa shape index (κ1) is 23.5. The number of aryl methyl sites for hydroxylation is 1. The van der Waals surface area contributed by atoms with Gasteiger partial charge in [-0.25, -0.2) is 9.69 Å². The molecule has 0 unspecified atom stereocenters. The van der Waals surface area contributed by atoms with E-state index < -0.39 is 18.0 Å². The van der Waals surface area contributed by atoms with Gasteiger partial charge in [-0.05, 0) is 30.9 Å². The van der Waals surface area contributed by atoms with Crippen molar-refractivity contribution in [1.82, 2.24) is 15.6 Å². The van der Waals surface area contributed by atoms with E-state index in [1.165, 1.54) is 44.4 Å². The number of anilines is 1. The van der Waals surface area contributed by atoms with Crippen LogP contribution < -0.4 is 29.7 Å². The number of nitrogens with zero attached hydrogens (tertiary/aromatic N) is 1. The average molecular weight is 493 g/mol. The van der Waals surface area contributed by atoms with Gasteiger partial charge in [-0.1, -0.05) is 18.2 Å². The number of carbonyl (C=O) groups excluding carboxylic acids is 3. The molecular weight excluding hydrogens is 464 g/mol. The summed E-state index contributed by atoms with van der Waals surface area (Å²) >= 11 is 0. The summed E-state index contributed by atoms with van der Waals surface area (Å²) in [6, 6.07) is 9.34. The van der Waals surface area contributed by atoms with E-state index in [0.29, 0.717) is 17.2 Å². The van der Waals surface area contributed by atoms with E-state index in [9.17, 15) is 14.4 Å². The second-order valence-corrected chi connectivity index (χ2v) is 8.84. The molecule has 0 spiro atoms. The molecule has 0 radical (unpaired) electrons. The normalized spacial score (nSPS) is 19.1. The third-order valence-corrected chi connectivity index (χ3v) is 6.77. The molecular formula is C26H28N4O6. The zero-order valence-electron chi connectivity index (χ0n) is 20.3. The second-order valence-electron chi connectivity index (χ2n) is 8.84. The van der Waals surface area contributed by atoms with Crippen LogP contribution in [0.25, 0.3) is 10.9 Å². The molecule has 5 rings (SSSR count). The highest BCUT2D eigenvalue weighted by Gasteiger charge is 2.41. The van der Waals surface area contributed by atoms with E-state index in [1.54, 1.807) is 0 Å². The first-order valence-electron chi connectivity index (χ1n) is 11.8. The highest BCUT2D eigenvalue weighted by molar-refractivity contribution is 6.22. The van der Waals surface area contributed by atoms with Gasteiger partial charge in [0.05, 0.1) is 39.5 Å². The smallest absolute Gasteiger partial charge is 0.329 e. The van der Waals surface area contributed by atoms with Crippen molar-refractivity contribution in [1.29, 1.82) is 0 Å². The molecule has 1 fully saturated rings. The van der Waals surface area contributed by atoms with Crippen molar-refractivity contribution in [3.8, 4) is 17.2 Å². The Morgan fingerprint density at radius 1 is 1.08 bits per heavy atom. The number of benzene rings is 2. The summed E-state index contributed by atoms with van der Waals surface area (Å²) in [4.78, 5) is 43.3. The van der Waals surface area contributed by atoms with Crippen LogP contribution >= 0.6 is 0 Å². The van der Waals surface area contributed by atoms with Crippen molar-refractivity contribution >= 4 is 34.4 Å². The number of hydrogen-bond donors (Lipinski definition) is 3. The topological polar surface area (TPSA) is 122 Å². The summed E-state index contributed by atoms with van der Waals surface area (Å²) in [6.45, 7) is 0. The molecule has 188 valence electrons. The maximum absolute atomic E-state index is 13.2. The van der Waals surface area contributed by atoms with Gasteiger partial charge in [0.1, 0.15) is 6.04 Å². The third kappa shape index (κ3) is 3.98. The Balaban J connectivity index is 1.32. The fourth-order valence-corrected chi connectivity index (χ4v) is 5.11. The van der Waals surface area contributed by atoms with Gasteiger partial charge in [0, 0.05) is 28.7 Å². The minimum Gasteiger partial charge on any atom is -0.493 e. The maximum atomic E-state index is 13.2.